The van der Waals surface area contributed by atoms with Crippen LogP contribution in [0, 0.1) is 6.92 Å². The number of nitrogens with zero attached hydrogens (tertiary/aromatic N) is 1. The fourth-order valence-electron chi connectivity index (χ4n) is 2.07. The van der Waals surface area contributed by atoms with Gasteiger partial charge in [0.05, 0.1) is 16.4 Å². The zero-order valence-electron chi connectivity index (χ0n) is 12.1. The van der Waals surface area contributed by atoms with Gasteiger partial charge in [0, 0.05) is 16.2 Å². The van der Waals surface area contributed by atoms with E-state index in [-0.39, 0.29) is 5.91 Å². The van der Waals surface area contributed by atoms with Crippen LogP contribution >= 0.6 is 24.2 Å². The van der Waals surface area contributed by atoms with Gasteiger partial charge in [-0.1, -0.05) is 23.7 Å². The lowest BCUT2D eigenvalue weighted by atomic mass is 10.1. The number of para-hydroxylation sites is 1. The quantitative estimate of drug-likeness (QED) is 0.759. The molecule has 0 saturated heterocycles. The van der Waals surface area contributed by atoms with Crippen molar-refractivity contribution in [1.29, 1.82) is 0 Å². The number of benzene rings is 2. The fraction of sp³-hybridized carbons (Fsp3) is 0.176. The van der Waals surface area contributed by atoms with Gasteiger partial charge in [-0.3, -0.25) is 9.79 Å². The molecule has 3 rings (SSSR count). The summed E-state index contributed by atoms with van der Waals surface area (Å²) in [7, 11) is 0. The number of carbonyl (C=O) groups is 1. The Bertz CT molecular complexity index is 760. The van der Waals surface area contributed by atoms with Gasteiger partial charge in [-0.15, -0.1) is 12.6 Å². The third-order valence-corrected chi connectivity index (χ3v) is 4.12. The molecule has 2 aromatic carbocycles. The van der Waals surface area contributed by atoms with E-state index in [1.54, 1.807) is 18.2 Å². The van der Waals surface area contributed by atoms with Crippen molar-refractivity contribution in [2.75, 3.05) is 5.32 Å². The highest BCUT2D eigenvalue weighted by Crippen LogP contribution is 2.30. The van der Waals surface area contributed by atoms with Gasteiger partial charge in [-0.05, 0) is 49.6 Å². The van der Waals surface area contributed by atoms with Gasteiger partial charge in [-0.25, -0.2) is 0 Å². The summed E-state index contributed by atoms with van der Waals surface area (Å²) in [6.45, 7) is 1.90. The Morgan fingerprint density at radius 2 is 2.05 bits per heavy atom. The number of halogens is 1. The van der Waals surface area contributed by atoms with Crippen LogP contribution in [0.2, 0.25) is 5.02 Å². The van der Waals surface area contributed by atoms with E-state index >= 15 is 0 Å². The number of anilines is 1. The van der Waals surface area contributed by atoms with Gasteiger partial charge in [0.15, 0.2) is 0 Å². The van der Waals surface area contributed by atoms with Crippen LogP contribution in [0.5, 0.6) is 0 Å². The second kappa shape index (κ2) is 6.15. The summed E-state index contributed by atoms with van der Waals surface area (Å²) in [6.07, 6.45) is 2.11. The molecule has 0 radical (unpaired) electrons. The van der Waals surface area contributed by atoms with Crippen molar-refractivity contribution in [3.63, 3.8) is 0 Å². The zero-order chi connectivity index (χ0) is 15.7. The predicted molar refractivity (Wildman–Crippen MR) is 94.2 cm³/mol. The minimum Gasteiger partial charge on any atom is -0.320 e. The Labute approximate surface area is 139 Å². The van der Waals surface area contributed by atoms with Crippen LogP contribution in [-0.4, -0.2) is 11.6 Å². The van der Waals surface area contributed by atoms with E-state index in [2.05, 4.69) is 22.9 Å². The van der Waals surface area contributed by atoms with Gasteiger partial charge < -0.3 is 5.32 Å². The van der Waals surface area contributed by atoms with Crippen molar-refractivity contribution in [2.45, 2.75) is 24.7 Å². The molecule has 1 amide bonds. The van der Waals surface area contributed by atoms with Crippen molar-refractivity contribution in [2.24, 2.45) is 4.99 Å². The minimum atomic E-state index is -0.211. The number of rotatable bonds is 3. The second-order valence-electron chi connectivity index (χ2n) is 5.27. The summed E-state index contributed by atoms with van der Waals surface area (Å²) in [5.74, 6) is -0.211. The fourth-order valence-corrected chi connectivity index (χ4v) is 2.61. The van der Waals surface area contributed by atoms with Crippen LogP contribution in [-0.2, 0) is 0 Å². The van der Waals surface area contributed by atoms with Crippen molar-refractivity contribution < 1.29 is 4.79 Å². The van der Waals surface area contributed by atoms with E-state index in [0.717, 1.165) is 24.1 Å². The molecular formula is C17H15ClN2OS. The smallest absolute Gasteiger partial charge is 0.255 e. The molecule has 0 atom stereocenters. The minimum absolute atomic E-state index is 0.211. The molecule has 0 unspecified atom stereocenters. The summed E-state index contributed by atoms with van der Waals surface area (Å²) in [4.78, 5) is 17.5. The third kappa shape index (κ3) is 3.34. The Morgan fingerprint density at radius 3 is 2.68 bits per heavy atom. The van der Waals surface area contributed by atoms with Crippen molar-refractivity contribution >= 4 is 47.2 Å². The number of carbonyl (C=O) groups excluding carboxylic acids is 1. The molecule has 0 aromatic heterocycles. The molecule has 1 N–H and O–H groups in total. The molecule has 112 valence electrons. The van der Waals surface area contributed by atoms with E-state index in [9.17, 15) is 4.79 Å². The van der Waals surface area contributed by atoms with Gasteiger partial charge in [0.1, 0.15) is 0 Å². The monoisotopic (exact) mass is 330 g/mol. The lowest BCUT2D eigenvalue weighted by molar-refractivity contribution is 0.102. The zero-order valence-corrected chi connectivity index (χ0v) is 13.7. The van der Waals surface area contributed by atoms with Gasteiger partial charge in [-0.2, -0.15) is 0 Å². The van der Waals surface area contributed by atoms with Gasteiger partial charge in [0.25, 0.3) is 5.91 Å². The summed E-state index contributed by atoms with van der Waals surface area (Å²) < 4.78 is 0. The molecule has 1 aliphatic carbocycles. The number of amides is 1. The number of hydrogen-bond donors (Lipinski definition) is 2. The van der Waals surface area contributed by atoms with Crippen molar-refractivity contribution in [3.05, 3.63) is 52.5 Å². The van der Waals surface area contributed by atoms with Crippen molar-refractivity contribution in [1.82, 2.24) is 0 Å². The molecule has 0 heterocycles. The maximum Gasteiger partial charge on any atom is 0.255 e. The summed E-state index contributed by atoms with van der Waals surface area (Å²) in [5.41, 5.74) is 4.07. The standard InChI is InChI=1S/C17H15ClN2OS/c1-10-3-2-4-13(18)16(10)20-17(21)11-5-8-14(15(22)9-11)19-12-6-7-12/h2-5,8-9,22H,6-7H2,1H3,(H,20,21). The number of aryl methyl sites for hydroxylation is 1. The summed E-state index contributed by atoms with van der Waals surface area (Å²) >= 11 is 10.6. The first kappa shape index (κ1) is 15.1. The molecule has 1 fully saturated rings. The Morgan fingerprint density at radius 1 is 1.27 bits per heavy atom. The van der Waals surface area contributed by atoms with Crippen LogP contribution in [0.1, 0.15) is 28.8 Å². The highest BCUT2D eigenvalue weighted by atomic mass is 35.5. The first-order chi connectivity index (χ1) is 10.5. The number of nitrogens with one attached hydrogen (secondary N) is 1. The first-order valence-electron chi connectivity index (χ1n) is 7.00. The molecule has 3 nitrogen and oxygen atoms in total. The second-order valence-corrected chi connectivity index (χ2v) is 6.16. The van der Waals surface area contributed by atoms with E-state index in [4.69, 9.17) is 11.6 Å². The molecule has 2 aromatic rings. The maximum atomic E-state index is 12.4. The van der Waals surface area contributed by atoms with Crippen LogP contribution in [0.25, 0.3) is 0 Å². The van der Waals surface area contributed by atoms with Crippen LogP contribution in [0.4, 0.5) is 11.4 Å². The number of thiol groups is 1. The average molecular weight is 331 g/mol. The number of hydrogen-bond acceptors (Lipinski definition) is 3. The largest absolute Gasteiger partial charge is 0.320 e. The highest BCUT2D eigenvalue weighted by Gasteiger charge is 2.15. The average Bonchev–Trinajstić information content (AvgIpc) is 3.29. The predicted octanol–water partition coefficient (Wildman–Crippen LogP) is 5.06. The van der Waals surface area contributed by atoms with E-state index in [0.29, 0.717) is 21.2 Å². The van der Waals surface area contributed by atoms with Gasteiger partial charge in [0.2, 0.25) is 0 Å². The summed E-state index contributed by atoms with van der Waals surface area (Å²) in [6, 6.07) is 10.8. The highest BCUT2D eigenvalue weighted by molar-refractivity contribution is 7.80. The summed E-state index contributed by atoms with van der Waals surface area (Å²) in [5, 5.41) is 3.38. The molecule has 0 spiro atoms. The molecule has 1 saturated carbocycles. The number of aliphatic imine (C=N–C) groups is 1. The molecular weight excluding hydrogens is 316 g/mol. The SMILES string of the molecule is Cc1cccc(Cl)c1NC(=O)c1ccc(N=C2CC2)c(S)c1. The van der Waals surface area contributed by atoms with Gasteiger partial charge >= 0.3 is 0 Å². The lowest BCUT2D eigenvalue weighted by Crippen LogP contribution is -2.13. The first-order valence-corrected chi connectivity index (χ1v) is 7.83. The molecule has 22 heavy (non-hydrogen) atoms. The van der Waals surface area contributed by atoms with E-state index in [1.165, 1.54) is 5.71 Å². The normalized spacial score (nSPS) is 13.0. The molecule has 1 aliphatic rings. The van der Waals surface area contributed by atoms with Crippen LogP contribution in [0.15, 0.2) is 46.3 Å². The van der Waals surface area contributed by atoms with E-state index < -0.39 is 0 Å². The van der Waals surface area contributed by atoms with E-state index in [1.807, 2.05) is 25.1 Å². The Hall–Kier alpha value is -1.78. The maximum absolute atomic E-state index is 12.4. The van der Waals surface area contributed by atoms with Crippen molar-refractivity contribution in [3.8, 4) is 0 Å². The van der Waals surface area contributed by atoms with Crippen LogP contribution < -0.4 is 5.32 Å². The molecule has 0 aliphatic heterocycles. The topological polar surface area (TPSA) is 41.5 Å². The van der Waals surface area contributed by atoms with Crippen LogP contribution in [0.3, 0.4) is 0 Å². The third-order valence-electron chi connectivity index (χ3n) is 3.45. The Balaban J connectivity index is 1.83. The Kier molecular flexibility index (Phi) is 4.23. The molecule has 5 heteroatoms. The molecule has 0 bridgehead atoms. The lowest BCUT2D eigenvalue weighted by Gasteiger charge is -2.11.